The maximum Gasteiger partial charge on any atom is 0.326 e. The Hall–Kier alpha value is -4.45. The highest BCUT2D eigenvalue weighted by molar-refractivity contribution is 5.94. The van der Waals surface area contributed by atoms with Gasteiger partial charge in [-0.1, -0.05) is 42.5 Å². The first-order valence-electron chi connectivity index (χ1n) is 13.1. The van der Waals surface area contributed by atoms with E-state index in [1.165, 1.54) is 12.1 Å². The number of carboxylic acid groups (broad SMARTS) is 1. The number of aliphatic carboxylic acids is 1. The van der Waals surface area contributed by atoms with Crippen LogP contribution in [-0.4, -0.2) is 70.5 Å². The standard InChI is InChI=1S/C28H35N5O7/c29-24(35)13-12-21(31-25(36)20-7-4-14-30-20)26(37)32-22(15-18-8-10-19(34)11-9-18)27(38)33-23(28(39)40)16-17-5-2-1-3-6-17/h1-3,5-6,8-11,20-23,30,34H,4,7,12-16H2,(H2,29,35)(H,31,36)(H,32,37)(H,33,38)(H,39,40). The Morgan fingerprint density at radius 1 is 0.850 bits per heavy atom. The smallest absolute Gasteiger partial charge is 0.326 e. The first kappa shape index (κ1) is 30.1. The molecule has 1 heterocycles. The number of benzene rings is 2. The molecular weight excluding hydrogens is 518 g/mol. The molecule has 4 amide bonds. The van der Waals surface area contributed by atoms with Crippen LogP contribution in [0.2, 0.25) is 0 Å². The molecule has 214 valence electrons. The van der Waals surface area contributed by atoms with Crippen molar-refractivity contribution in [3.8, 4) is 5.75 Å². The molecule has 1 fully saturated rings. The summed E-state index contributed by atoms with van der Waals surface area (Å²) in [6.07, 6.45) is 1.13. The van der Waals surface area contributed by atoms with Gasteiger partial charge in [-0.2, -0.15) is 0 Å². The van der Waals surface area contributed by atoms with E-state index < -0.39 is 53.8 Å². The van der Waals surface area contributed by atoms with Gasteiger partial charge in [-0.05, 0) is 49.1 Å². The van der Waals surface area contributed by atoms with Gasteiger partial charge in [-0.15, -0.1) is 0 Å². The quantitative estimate of drug-likeness (QED) is 0.166. The molecule has 0 spiro atoms. The topological polar surface area (TPSA) is 200 Å². The Kier molecular flexibility index (Phi) is 11.0. The van der Waals surface area contributed by atoms with Crippen molar-refractivity contribution in [2.75, 3.05) is 6.54 Å². The summed E-state index contributed by atoms with van der Waals surface area (Å²) in [6.45, 7) is 0.666. The van der Waals surface area contributed by atoms with Crippen molar-refractivity contribution < 1.29 is 34.2 Å². The zero-order chi connectivity index (χ0) is 29.1. The Morgan fingerprint density at radius 2 is 1.45 bits per heavy atom. The van der Waals surface area contributed by atoms with Gasteiger partial charge in [0.2, 0.25) is 23.6 Å². The number of amides is 4. The number of primary amides is 1. The average molecular weight is 554 g/mol. The van der Waals surface area contributed by atoms with Gasteiger partial charge in [-0.25, -0.2) is 4.79 Å². The molecule has 40 heavy (non-hydrogen) atoms. The highest BCUT2D eigenvalue weighted by atomic mass is 16.4. The van der Waals surface area contributed by atoms with Crippen molar-refractivity contribution in [2.45, 2.75) is 62.7 Å². The van der Waals surface area contributed by atoms with Gasteiger partial charge in [0, 0.05) is 19.3 Å². The Balaban J connectivity index is 1.79. The summed E-state index contributed by atoms with van der Waals surface area (Å²) < 4.78 is 0. The van der Waals surface area contributed by atoms with Crippen LogP contribution in [0.4, 0.5) is 0 Å². The number of aromatic hydroxyl groups is 1. The van der Waals surface area contributed by atoms with Crippen molar-refractivity contribution >= 4 is 29.6 Å². The highest BCUT2D eigenvalue weighted by Crippen LogP contribution is 2.13. The minimum absolute atomic E-state index is 0.0114. The summed E-state index contributed by atoms with van der Waals surface area (Å²) in [5.41, 5.74) is 6.55. The monoisotopic (exact) mass is 553 g/mol. The van der Waals surface area contributed by atoms with E-state index >= 15 is 0 Å². The zero-order valence-corrected chi connectivity index (χ0v) is 22.0. The maximum absolute atomic E-state index is 13.4. The molecule has 12 heteroatoms. The predicted octanol–water partition coefficient (Wildman–Crippen LogP) is -0.266. The second-order valence-corrected chi connectivity index (χ2v) is 9.74. The van der Waals surface area contributed by atoms with Gasteiger partial charge >= 0.3 is 5.97 Å². The summed E-state index contributed by atoms with van der Waals surface area (Å²) in [5.74, 6) is -3.77. The third-order valence-electron chi connectivity index (χ3n) is 6.60. The first-order valence-corrected chi connectivity index (χ1v) is 13.1. The van der Waals surface area contributed by atoms with E-state index in [0.717, 1.165) is 6.42 Å². The lowest BCUT2D eigenvalue weighted by Gasteiger charge is -2.25. The fraction of sp³-hybridized carbons (Fsp3) is 0.393. The van der Waals surface area contributed by atoms with Crippen LogP contribution in [0.25, 0.3) is 0 Å². The molecule has 1 aliphatic heterocycles. The number of nitrogens with two attached hydrogens (primary N) is 1. The molecule has 1 aliphatic rings. The Labute approximate surface area is 231 Å². The molecule has 1 saturated heterocycles. The van der Waals surface area contributed by atoms with Crippen molar-refractivity contribution in [1.29, 1.82) is 0 Å². The lowest BCUT2D eigenvalue weighted by Crippen LogP contribution is -2.57. The highest BCUT2D eigenvalue weighted by Gasteiger charge is 2.32. The van der Waals surface area contributed by atoms with Gasteiger partial charge in [0.15, 0.2) is 0 Å². The van der Waals surface area contributed by atoms with Crippen LogP contribution in [0.1, 0.15) is 36.8 Å². The van der Waals surface area contributed by atoms with Crippen molar-refractivity contribution in [1.82, 2.24) is 21.3 Å². The molecular formula is C28H35N5O7. The number of phenols is 1. The number of rotatable bonds is 14. The molecule has 0 aromatic heterocycles. The molecule has 0 radical (unpaired) electrons. The van der Waals surface area contributed by atoms with E-state index in [9.17, 15) is 34.2 Å². The number of phenolic OH excluding ortho intramolecular Hbond substituents is 1. The van der Waals surface area contributed by atoms with Crippen LogP contribution in [0, 0.1) is 0 Å². The van der Waals surface area contributed by atoms with Gasteiger partial charge in [0.05, 0.1) is 6.04 Å². The minimum Gasteiger partial charge on any atom is -0.508 e. The van der Waals surface area contributed by atoms with Crippen LogP contribution in [-0.2, 0) is 36.8 Å². The van der Waals surface area contributed by atoms with Crippen LogP contribution in [0.3, 0.4) is 0 Å². The SMILES string of the molecule is NC(=O)CCC(NC(=O)C1CCCN1)C(=O)NC(Cc1ccc(O)cc1)C(=O)NC(Cc1ccccc1)C(=O)O. The van der Waals surface area contributed by atoms with Crippen LogP contribution >= 0.6 is 0 Å². The molecule has 4 atom stereocenters. The number of hydrogen-bond acceptors (Lipinski definition) is 7. The molecule has 2 aromatic rings. The minimum atomic E-state index is -1.27. The molecule has 0 aliphatic carbocycles. The summed E-state index contributed by atoms with van der Waals surface area (Å²) >= 11 is 0. The second-order valence-electron chi connectivity index (χ2n) is 9.74. The van der Waals surface area contributed by atoms with Gasteiger partial charge < -0.3 is 37.2 Å². The van der Waals surface area contributed by atoms with Gasteiger partial charge in [0.25, 0.3) is 0 Å². The molecule has 0 bridgehead atoms. The third kappa shape index (κ3) is 9.38. The summed E-state index contributed by atoms with van der Waals surface area (Å²) in [5, 5.41) is 30.2. The first-order chi connectivity index (χ1) is 19.1. The molecule has 4 unspecified atom stereocenters. The van der Waals surface area contributed by atoms with E-state index in [0.29, 0.717) is 24.1 Å². The fourth-order valence-electron chi connectivity index (χ4n) is 4.41. The molecule has 12 nitrogen and oxygen atoms in total. The molecule has 0 saturated carbocycles. The normalized spacial score (nSPS) is 16.8. The predicted molar refractivity (Wildman–Crippen MR) is 145 cm³/mol. The van der Waals surface area contributed by atoms with Crippen LogP contribution in [0.5, 0.6) is 5.75 Å². The average Bonchev–Trinajstić information content (AvgIpc) is 3.47. The zero-order valence-electron chi connectivity index (χ0n) is 22.0. The lowest BCUT2D eigenvalue weighted by molar-refractivity contribution is -0.142. The van der Waals surface area contributed by atoms with Gasteiger partial charge in [0.1, 0.15) is 23.9 Å². The largest absolute Gasteiger partial charge is 0.508 e. The van der Waals surface area contributed by atoms with E-state index in [4.69, 9.17) is 5.73 Å². The number of carbonyl (C=O) groups excluding carboxylic acids is 4. The fourth-order valence-corrected chi connectivity index (χ4v) is 4.41. The second kappa shape index (κ2) is 14.6. The Bertz CT molecular complexity index is 1180. The maximum atomic E-state index is 13.4. The van der Waals surface area contributed by atoms with Crippen molar-refractivity contribution in [3.63, 3.8) is 0 Å². The summed E-state index contributed by atoms with van der Waals surface area (Å²) in [7, 11) is 0. The number of hydrogen-bond donors (Lipinski definition) is 7. The van der Waals surface area contributed by atoms with E-state index in [1.807, 2.05) is 0 Å². The van der Waals surface area contributed by atoms with Gasteiger partial charge in [-0.3, -0.25) is 19.2 Å². The molecule has 8 N–H and O–H groups in total. The van der Waals surface area contributed by atoms with E-state index in [-0.39, 0.29) is 31.4 Å². The van der Waals surface area contributed by atoms with Crippen molar-refractivity contribution in [3.05, 3.63) is 65.7 Å². The lowest BCUT2D eigenvalue weighted by atomic mass is 10.0. The summed E-state index contributed by atoms with van der Waals surface area (Å²) in [6, 6.07) is 10.6. The van der Waals surface area contributed by atoms with Crippen LogP contribution in [0.15, 0.2) is 54.6 Å². The van der Waals surface area contributed by atoms with E-state index in [1.54, 1.807) is 42.5 Å². The third-order valence-corrected chi connectivity index (χ3v) is 6.60. The molecule has 2 aromatic carbocycles. The summed E-state index contributed by atoms with van der Waals surface area (Å²) in [4.78, 5) is 62.8. The molecule has 3 rings (SSSR count). The number of nitrogens with one attached hydrogen (secondary N) is 4. The van der Waals surface area contributed by atoms with E-state index in [2.05, 4.69) is 21.3 Å². The number of carboxylic acids is 1. The van der Waals surface area contributed by atoms with Crippen LogP contribution < -0.4 is 27.0 Å². The van der Waals surface area contributed by atoms with Crippen molar-refractivity contribution in [2.24, 2.45) is 5.73 Å². The number of carbonyl (C=O) groups is 5. The Morgan fingerprint density at radius 3 is 2.05 bits per heavy atom.